The highest BCUT2D eigenvalue weighted by Crippen LogP contribution is 2.19. The first kappa shape index (κ1) is 14.4. The molecule has 21 heavy (non-hydrogen) atoms. The van der Waals surface area contributed by atoms with Crippen LogP contribution in [0.15, 0.2) is 24.3 Å². The quantitative estimate of drug-likeness (QED) is 0.934. The Morgan fingerprint density at radius 3 is 2.43 bits per heavy atom. The molecule has 0 aliphatic carbocycles. The van der Waals surface area contributed by atoms with Crippen molar-refractivity contribution in [1.29, 1.82) is 0 Å². The van der Waals surface area contributed by atoms with E-state index in [4.69, 9.17) is 23.2 Å². The predicted molar refractivity (Wildman–Crippen MR) is 85.1 cm³/mol. The molecule has 0 bridgehead atoms. The Labute approximate surface area is 133 Å². The molecular formula is C14H15Cl2N5. The van der Waals surface area contributed by atoms with E-state index >= 15 is 0 Å². The van der Waals surface area contributed by atoms with Crippen LogP contribution in [0.5, 0.6) is 0 Å². The highest BCUT2D eigenvalue weighted by molar-refractivity contribution is 6.30. The zero-order valence-electron chi connectivity index (χ0n) is 11.4. The van der Waals surface area contributed by atoms with E-state index in [2.05, 4.69) is 25.2 Å². The second kappa shape index (κ2) is 6.45. The van der Waals surface area contributed by atoms with Gasteiger partial charge in [0, 0.05) is 24.7 Å². The van der Waals surface area contributed by atoms with E-state index in [1.54, 1.807) is 0 Å². The largest absolute Gasteiger partial charge is 0.350 e. The van der Waals surface area contributed by atoms with E-state index in [1.807, 2.05) is 24.3 Å². The third-order valence-corrected chi connectivity index (χ3v) is 3.77. The summed E-state index contributed by atoms with van der Waals surface area (Å²) in [5, 5.41) is 4.10. The second-order valence-electron chi connectivity index (χ2n) is 4.90. The van der Waals surface area contributed by atoms with E-state index in [-0.39, 0.29) is 5.28 Å². The number of benzene rings is 1. The number of hydrogen-bond acceptors (Lipinski definition) is 5. The van der Waals surface area contributed by atoms with Gasteiger partial charge in [-0.15, -0.1) is 0 Å². The SMILES string of the molecule is Clc1ccc(CNc2nc(Cl)nc(N3CCCC3)n2)cc1. The van der Waals surface area contributed by atoms with Crippen molar-refractivity contribution in [3.05, 3.63) is 40.1 Å². The summed E-state index contributed by atoms with van der Waals surface area (Å²) >= 11 is 11.9. The topological polar surface area (TPSA) is 53.9 Å². The number of nitrogens with zero attached hydrogens (tertiary/aromatic N) is 4. The Bertz CT molecular complexity index is 611. The first-order valence-electron chi connectivity index (χ1n) is 6.85. The van der Waals surface area contributed by atoms with Crippen LogP contribution in [0.4, 0.5) is 11.9 Å². The maximum atomic E-state index is 5.98. The van der Waals surface area contributed by atoms with Gasteiger partial charge < -0.3 is 10.2 Å². The summed E-state index contributed by atoms with van der Waals surface area (Å²) in [5.74, 6) is 1.14. The fourth-order valence-electron chi connectivity index (χ4n) is 2.26. The second-order valence-corrected chi connectivity index (χ2v) is 5.68. The van der Waals surface area contributed by atoms with Gasteiger partial charge in [0.25, 0.3) is 0 Å². The van der Waals surface area contributed by atoms with Crippen LogP contribution in [0, 0.1) is 0 Å². The van der Waals surface area contributed by atoms with Crippen LogP contribution >= 0.6 is 23.2 Å². The number of hydrogen-bond donors (Lipinski definition) is 1. The number of nitrogens with one attached hydrogen (secondary N) is 1. The molecule has 1 aromatic heterocycles. The highest BCUT2D eigenvalue weighted by Gasteiger charge is 2.16. The lowest BCUT2D eigenvalue weighted by Crippen LogP contribution is -2.21. The zero-order chi connectivity index (χ0) is 14.7. The van der Waals surface area contributed by atoms with E-state index in [0.29, 0.717) is 18.4 Å². The van der Waals surface area contributed by atoms with Crippen molar-refractivity contribution in [3.63, 3.8) is 0 Å². The van der Waals surface area contributed by atoms with Crippen LogP contribution in [-0.2, 0) is 6.54 Å². The van der Waals surface area contributed by atoms with Crippen LogP contribution in [0.25, 0.3) is 0 Å². The molecule has 1 aromatic carbocycles. The molecule has 1 aliphatic heterocycles. The third-order valence-electron chi connectivity index (χ3n) is 3.35. The van der Waals surface area contributed by atoms with Gasteiger partial charge in [-0.3, -0.25) is 0 Å². The van der Waals surface area contributed by atoms with Gasteiger partial charge in [-0.05, 0) is 42.1 Å². The third kappa shape index (κ3) is 3.74. The fourth-order valence-corrected chi connectivity index (χ4v) is 2.54. The normalized spacial score (nSPS) is 14.5. The maximum absolute atomic E-state index is 5.98. The van der Waals surface area contributed by atoms with Gasteiger partial charge in [0.15, 0.2) is 0 Å². The van der Waals surface area contributed by atoms with E-state index in [9.17, 15) is 0 Å². The molecule has 1 N–H and O–H groups in total. The molecule has 0 spiro atoms. The molecule has 0 atom stereocenters. The number of anilines is 2. The molecule has 0 unspecified atom stereocenters. The van der Waals surface area contributed by atoms with Gasteiger partial charge in [0.2, 0.25) is 17.2 Å². The molecule has 0 saturated carbocycles. The van der Waals surface area contributed by atoms with Crippen LogP contribution < -0.4 is 10.2 Å². The predicted octanol–water partition coefficient (Wildman–Crippen LogP) is 3.39. The fraction of sp³-hybridized carbons (Fsp3) is 0.357. The molecule has 7 heteroatoms. The van der Waals surface area contributed by atoms with Crippen LogP contribution in [0.2, 0.25) is 10.3 Å². The Balaban J connectivity index is 1.71. The Kier molecular flexibility index (Phi) is 4.41. The molecule has 0 radical (unpaired) electrons. The lowest BCUT2D eigenvalue weighted by Gasteiger charge is -2.15. The Morgan fingerprint density at radius 1 is 1.00 bits per heavy atom. The van der Waals surface area contributed by atoms with Gasteiger partial charge in [-0.2, -0.15) is 15.0 Å². The van der Waals surface area contributed by atoms with Gasteiger partial charge in [0.05, 0.1) is 0 Å². The number of halogens is 2. The van der Waals surface area contributed by atoms with Crippen LogP contribution in [0.1, 0.15) is 18.4 Å². The number of aromatic nitrogens is 3. The molecule has 1 saturated heterocycles. The molecule has 5 nitrogen and oxygen atoms in total. The summed E-state index contributed by atoms with van der Waals surface area (Å²) in [7, 11) is 0. The van der Waals surface area contributed by atoms with Gasteiger partial charge in [-0.1, -0.05) is 23.7 Å². The van der Waals surface area contributed by atoms with Crippen molar-refractivity contribution in [2.45, 2.75) is 19.4 Å². The minimum Gasteiger partial charge on any atom is -0.350 e. The van der Waals surface area contributed by atoms with Gasteiger partial charge >= 0.3 is 0 Å². The molecule has 110 valence electrons. The molecule has 1 fully saturated rings. The van der Waals surface area contributed by atoms with Gasteiger partial charge in [-0.25, -0.2) is 0 Å². The van der Waals surface area contributed by atoms with Crippen molar-refractivity contribution in [2.75, 3.05) is 23.3 Å². The molecule has 2 heterocycles. The average molecular weight is 324 g/mol. The monoisotopic (exact) mass is 323 g/mol. The first-order valence-corrected chi connectivity index (χ1v) is 7.61. The smallest absolute Gasteiger partial charge is 0.231 e. The van der Waals surface area contributed by atoms with Crippen LogP contribution in [0.3, 0.4) is 0 Å². The number of rotatable bonds is 4. The molecule has 2 aromatic rings. The maximum Gasteiger partial charge on any atom is 0.231 e. The summed E-state index contributed by atoms with van der Waals surface area (Å²) < 4.78 is 0. The minimum atomic E-state index is 0.213. The van der Waals surface area contributed by atoms with Crippen molar-refractivity contribution in [2.24, 2.45) is 0 Å². The summed E-state index contributed by atoms with van der Waals surface area (Å²) in [6.45, 7) is 2.55. The average Bonchev–Trinajstić information content (AvgIpc) is 3.00. The van der Waals surface area contributed by atoms with E-state index in [1.165, 1.54) is 0 Å². The zero-order valence-corrected chi connectivity index (χ0v) is 12.9. The Hall–Kier alpha value is -1.59. The highest BCUT2D eigenvalue weighted by atomic mass is 35.5. The molecule has 0 amide bonds. The first-order chi connectivity index (χ1) is 10.2. The minimum absolute atomic E-state index is 0.213. The van der Waals surface area contributed by atoms with E-state index < -0.39 is 0 Å². The summed E-state index contributed by atoms with van der Waals surface area (Å²) in [6, 6.07) is 7.63. The standard InChI is InChI=1S/C14H15Cl2N5/c15-11-5-3-10(4-6-11)9-17-13-18-12(16)19-14(20-13)21-7-1-2-8-21/h3-6H,1-2,7-9H2,(H,17,18,19,20). The van der Waals surface area contributed by atoms with Crippen molar-refractivity contribution in [3.8, 4) is 0 Å². The summed E-state index contributed by atoms with van der Waals surface area (Å²) in [6.07, 6.45) is 2.33. The summed E-state index contributed by atoms with van der Waals surface area (Å²) in [5.41, 5.74) is 1.10. The van der Waals surface area contributed by atoms with Crippen molar-refractivity contribution < 1.29 is 0 Å². The van der Waals surface area contributed by atoms with Crippen LogP contribution in [-0.4, -0.2) is 28.0 Å². The molecular weight excluding hydrogens is 309 g/mol. The Morgan fingerprint density at radius 2 is 1.71 bits per heavy atom. The van der Waals surface area contributed by atoms with Gasteiger partial charge in [0.1, 0.15) is 0 Å². The molecule has 1 aliphatic rings. The van der Waals surface area contributed by atoms with E-state index in [0.717, 1.165) is 36.5 Å². The summed E-state index contributed by atoms with van der Waals surface area (Å²) in [4.78, 5) is 14.9. The van der Waals surface area contributed by atoms with Crippen molar-refractivity contribution in [1.82, 2.24) is 15.0 Å². The lowest BCUT2D eigenvalue weighted by molar-refractivity contribution is 0.876. The van der Waals surface area contributed by atoms with Crippen molar-refractivity contribution >= 4 is 35.1 Å². The molecule has 3 rings (SSSR count). The lowest BCUT2D eigenvalue weighted by atomic mass is 10.2.